The second-order valence-corrected chi connectivity index (χ2v) is 4.40. The van der Waals surface area contributed by atoms with Crippen molar-refractivity contribution in [3.8, 4) is 6.07 Å². The molecule has 0 bridgehead atoms. The Hall–Kier alpha value is -2.58. The lowest BCUT2D eigenvalue weighted by Crippen LogP contribution is -2.13. The molecule has 3 N–H and O–H groups in total. The normalized spacial score (nSPS) is 9.85. The maximum atomic E-state index is 13.3. The summed E-state index contributed by atoms with van der Waals surface area (Å²) in [7, 11) is 0. The maximum absolute atomic E-state index is 13.3. The Morgan fingerprint density at radius 3 is 2.65 bits per heavy atom. The van der Waals surface area contributed by atoms with Crippen LogP contribution in [0.4, 0.5) is 15.8 Å². The number of carbonyl (C=O) groups excluding carboxylic acids is 1. The molecule has 2 aromatic carbocycles. The fourth-order valence-corrected chi connectivity index (χ4v) is 1.70. The highest BCUT2D eigenvalue weighted by Gasteiger charge is 2.11. The maximum Gasteiger partial charge on any atom is 0.255 e. The molecule has 0 fully saturated rings. The number of nitriles is 1. The topological polar surface area (TPSA) is 78.9 Å². The van der Waals surface area contributed by atoms with Crippen molar-refractivity contribution in [3.63, 3.8) is 0 Å². The van der Waals surface area contributed by atoms with Crippen LogP contribution in [0.2, 0.25) is 5.02 Å². The van der Waals surface area contributed by atoms with Gasteiger partial charge in [-0.3, -0.25) is 4.79 Å². The van der Waals surface area contributed by atoms with Crippen LogP contribution < -0.4 is 11.1 Å². The standard InChI is InChI=1S/C14H9ClFN3O/c15-10-3-2-9(6-11(10)16)14(20)19-13-4-1-8(7-17)5-12(13)18/h1-6H,18H2,(H,19,20). The lowest BCUT2D eigenvalue weighted by Gasteiger charge is -2.08. The van der Waals surface area contributed by atoms with Crippen LogP contribution in [0.1, 0.15) is 15.9 Å². The molecule has 0 atom stereocenters. The third-order valence-electron chi connectivity index (χ3n) is 2.61. The van der Waals surface area contributed by atoms with Crippen molar-refractivity contribution in [1.82, 2.24) is 0 Å². The van der Waals surface area contributed by atoms with Crippen molar-refractivity contribution in [1.29, 1.82) is 5.26 Å². The average Bonchev–Trinajstić information content (AvgIpc) is 2.43. The van der Waals surface area contributed by atoms with Gasteiger partial charge in [0, 0.05) is 5.56 Å². The number of nitrogens with zero attached hydrogens (tertiary/aromatic N) is 1. The fourth-order valence-electron chi connectivity index (χ4n) is 1.58. The number of anilines is 2. The highest BCUT2D eigenvalue weighted by Crippen LogP contribution is 2.21. The first-order valence-corrected chi connectivity index (χ1v) is 5.95. The SMILES string of the molecule is N#Cc1ccc(NC(=O)c2ccc(Cl)c(F)c2)c(N)c1. The third kappa shape index (κ3) is 2.87. The van der Waals surface area contributed by atoms with E-state index in [1.165, 1.54) is 30.3 Å². The average molecular weight is 290 g/mol. The van der Waals surface area contributed by atoms with E-state index in [1.54, 1.807) is 0 Å². The molecular formula is C14H9ClFN3O. The Labute approximate surface area is 119 Å². The summed E-state index contributed by atoms with van der Waals surface area (Å²) in [5.74, 6) is -1.19. The van der Waals surface area contributed by atoms with Crippen LogP contribution in [-0.2, 0) is 0 Å². The molecule has 2 rings (SSSR count). The molecule has 0 aromatic heterocycles. The van der Waals surface area contributed by atoms with E-state index in [0.29, 0.717) is 11.3 Å². The summed E-state index contributed by atoms with van der Waals surface area (Å²) in [6, 6.07) is 10.2. The van der Waals surface area contributed by atoms with Crippen molar-refractivity contribution < 1.29 is 9.18 Å². The van der Waals surface area contributed by atoms with Gasteiger partial charge in [0.25, 0.3) is 5.91 Å². The van der Waals surface area contributed by atoms with E-state index in [2.05, 4.69) is 5.32 Å². The zero-order valence-electron chi connectivity index (χ0n) is 10.2. The van der Waals surface area contributed by atoms with E-state index in [0.717, 1.165) is 6.07 Å². The zero-order chi connectivity index (χ0) is 14.7. The Bertz CT molecular complexity index is 725. The van der Waals surface area contributed by atoms with Gasteiger partial charge in [0.2, 0.25) is 0 Å². The number of rotatable bonds is 2. The third-order valence-corrected chi connectivity index (χ3v) is 2.92. The Kier molecular flexibility index (Phi) is 3.87. The highest BCUT2D eigenvalue weighted by molar-refractivity contribution is 6.30. The van der Waals surface area contributed by atoms with Crippen molar-refractivity contribution in [2.75, 3.05) is 11.1 Å². The first kappa shape index (κ1) is 13.8. The van der Waals surface area contributed by atoms with Crippen molar-refractivity contribution in [3.05, 3.63) is 58.4 Å². The monoisotopic (exact) mass is 289 g/mol. The summed E-state index contributed by atoms with van der Waals surface area (Å²) in [6.07, 6.45) is 0. The minimum Gasteiger partial charge on any atom is -0.397 e. The predicted octanol–water partition coefficient (Wildman–Crippen LogP) is 3.19. The van der Waals surface area contributed by atoms with Gasteiger partial charge in [-0.1, -0.05) is 11.6 Å². The van der Waals surface area contributed by atoms with Gasteiger partial charge in [0.15, 0.2) is 0 Å². The predicted molar refractivity (Wildman–Crippen MR) is 74.9 cm³/mol. The van der Waals surface area contributed by atoms with Gasteiger partial charge in [-0.25, -0.2) is 4.39 Å². The number of carbonyl (C=O) groups is 1. The molecule has 0 spiro atoms. The summed E-state index contributed by atoms with van der Waals surface area (Å²) in [5, 5.41) is 11.2. The van der Waals surface area contributed by atoms with Crippen LogP contribution >= 0.6 is 11.6 Å². The van der Waals surface area contributed by atoms with Gasteiger partial charge in [-0.05, 0) is 36.4 Å². The molecule has 0 unspecified atom stereocenters. The summed E-state index contributed by atoms with van der Waals surface area (Å²) in [5.41, 5.74) is 6.83. The quantitative estimate of drug-likeness (QED) is 0.833. The van der Waals surface area contributed by atoms with Gasteiger partial charge in [0.1, 0.15) is 5.82 Å². The van der Waals surface area contributed by atoms with Gasteiger partial charge in [0.05, 0.1) is 28.0 Å². The zero-order valence-corrected chi connectivity index (χ0v) is 10.9. The summed E-state index contributed by atoms with van der Waals surface area (Å²) in [6.45, 7) is 0. The Morgan fingerprint density at radius 2 is 2.05 bits per heavy atom. The van der Waals surface area contributed by atoms with E-state index >= 15 is 0 Å². The van der Waals surface area contributed by atoms with Gasteiger partial charge < -0.3 is 11.1 Å². The molecule has 0 radical (unpaired) electrons. The van der Waals surface area contributed by atoms with E-state index < -0.39 is 11.7 Å². The van der Waals surface area contributed by atoms with Crippen LogP contribution in [-0.4, -0.2) is 5.91 Å². The molecule has 0 aliphatic rings. The first-order valence-electron chi connectivity index (χ1n) is 5.57. The van der Waals surface area contributed by atoms with Crippen molar-refractivity contribution in [2.45, 2.75) is 0 Å². The molecule has 0 saturated heterocycles. The molecule has 1 amide bonds. The van der Waals surface area contributed by atoms with E-state index in [-0.39, 0.29) is 16.3 Å². The summed E-state index contributed by atoms with van der Waals surface area (Å²) >= 11 is 5.55. The minimum absolute atomic E-state index is 0.0561. The second kappa shape index (κ2) is 5.59. The molecule has 0 aliphatic heterocycles. The number of hydrogen-bond acceptors (Lipinski definition) is 3. The number of amides is 1. The molecule has 20 heavy (non-hydrogen) atoms. The smallest absolute Gasteiger partial charge is 0.255 e. The van der Waals surface area contributed by atoms with Crippen molar-refractivity contribution >= 4 is 28.9 Å². The molecule has 6 heteroatoms. The van der Waals surface area contributed by atoms with Gasteiger partial charge in [-0.15, -0.1) is 0 Å². The highest BCUT2D eigenvalue weighted by atomic mass is 35.5. The van der Waals surface area contributed by atoms with Crippen LogP contribution in [0.25, 0.3) is 0 Å². The van der Waals surface area contributed by atoms with E-state index in [9.17, 15) is 9.18 Å². The number of halogens is 2. The molecule has 0 saturated carbocycles. The molecule has 4 nitrogen and oxygen atoms in total. The number of nitrogens with two attached hydrogens (primary N) is 1. The molecule has 100 valence electrons. The van der Waals surface area contributed by atoms with Crippen LogP contribution in [0.5, 0.6) is 0 Å². The minimum atomic E-state index is -0.674. The molecule has 2 aromatic rings. The van der Waals surface area contributed by atoms with E-state index in [4.69, 9.17) is 22.6 Å². The first-order chi connectivity index (χ1) is 9.51. The fraction of sp³-hybridized carbons (Fsp3) is 0. The number of nitrogens with one attached hydrogen (secondary N) is 1. The van der Waals surface area contributed by atoms with Gasteiger partial charge in [-0.2, -0.15) is 5.26 Å². The lowest BCUT2D eigenvalue weighted by molar-refractivity contribution is 0.102. The van der Waals surface area contributed by atoms with Crippen LogP contribution in [0.3, 0.4) is 0 Å². The van der Waals surface area contributed by atoms with Crippen LogP contribution in [0.15, 0.2) is 36.4 Å². The largest absolute Gasteiger partial charge is 0.397 e. The Morgan fingerprint density at radius 1 is 1.30 bits per heavy atom. The lowest BCUT2D eigenvalue weighted by atomic mass is 10.1. The second-order valence-electron chi connectivity index (χ2n) is 4.00. The van der Waals surface area contributed by atoms with Gasteiger partial charge >= 0.3 is 0 Å². The van der Waals surface area contributed by atoms with Crippen LogP contribution in [0, 0.1) is 17.1 Å². The molecule has 0 heterocycles. The number of benzene rings is 2. The number of nitrogen functional groups attached to an aromatic ring is 1. The van der Waals surface area contributed by atoms with Crippen molar-refractivity contribution in [2.24, 2.45) is 0 Å². The Balaban J connectivity index is 2.23. The summed E-state index contributed by atoms with van der Waals surface area (Å²) in [4.78, 5) is 11.9. The number of hydrogen-bond donors (Lipinski definition) is 2. The summed E-state index contributed by atoms with van der Waals surface area (Å²) < 4.78 is 13.3. The van der Waals surface area contributed by atoms with E-state index in [1.807, 2.05) is 6.07 Å². The molecular weight excluding hydrogens is 281 g/mol. The molecule has 0 aliphatic carbocycles.